The van der Waals surface area contributed by atoms with Crippen LogP contribution in [0.2, 0.25) is 0 Å². The quantitative estimate of drug-likeness (QED) is 0.494. The molecule has 0 bridgehead atoms. The molecular formula is C23H26FN7O2S. The second-order valence-electron chi connectivity index (χ2n) is 8.25. The Morgan fingerprint density at radius 2 is 1.85 bits per heavy atom. The second-order valence-corrected chi connectivity index (χ2v) is 9.31. The Balaban J connectivity index is 1.42. The molecule has 34 heavy (non-hydrogen) atoms. The largest absolute Gasteiger partial charge is 0.375 e. The van der Waals surface area contributed by atoms with E-state index in [9.17, 15) is 14.0 Å². The number of thiazole rings is 1. The molecule has 1 aromatic carbocycles. The van der Waals surface area contributed by atoms with Gasteiger partial charge < -0.3 is 21.3 Å². The number of hydrogen-bond donors (Lipinski definition) is 3. The first-order chi connectivity index (χ1) is 16.3. The van der Waals surface area contributed by atoms with E-state index in [1.807, 2.05) is 6.07 Å². The first-order valence-corrected chi connectivity index (χ1v) is 11.6. The summed E-state index contributed by atoms with van der Waals surface area (Å²) >= 11 is 1.04. The van der Waals surface area contributed by atoms with Gasteiger partial charge in [-0.1, -0.05) is 17.4 Å². The SMILES string of the molecule is Cc1cc(F)c(C(=O)Nc2ccc(CN3CCN(C)CC3)cn2)cc1NC(=O)c1cnc(N)s1. The van der Waals surface area contributed by atoms with Crippen LogP contribution in [0, 0.1) is 12.7 Å². The third-order valence-electron chi connectivity index (χ3n) is 5.62. The van der Waals surface area contributed by atoms with Crippen molar-refractivity contribution >= 4 is 39.8 Å². The molecule has 3 heterocycles. The Morgan fingerprint density at radius 1 is 1.09 bits per heavy atom. The number of benzene rings is 1. The third kappa shape index (κ3) is 5.74. The van der Waals surface area contributed by atoms with Gasteiger partial charge in [0.05, 0.1) is 11.8 Å². The van der Waals surface area contributed by atoms with Crippen molar-refractivity contribution in [2.24, 2.45) is 0 Å². The molecule has 2 aromatic heterocycles. The van der Waals surface area contributed by atoms with Crippen molar-refractivity contribution in [3.8, 4) is 0 Å². The maximum atomic E-state index is 14.6. The number of hydrogen-bond acceptors (Lipinski definition) is 8. The van der Waals surface area contributed by atoms with Gasteiger partial charge in [0.2, 0.25) is 0 Å². The van der Waals surface area contributed by atoms with Gasteiger partial charge in [-0.25, -0.2) is 14.4 Å². The molecule has 4 rings (SSSR count). The highest BCUT2D eigenvalue weighted by molar-refractivity contribution is 7.17. The highest BCUT2D eigenvalue weighted by Crippen LogP contribution is 2.23. The number of halogens is 1. The number of piperazine rings is 1. The van der Waals surface area contributed by atoms with Gasteiger partial charge in [0.15, 0.2) is 5.13 Å². The minimum absolute atomic E-state index is 0.201. The number of likely N-dealkylation sites (N-methyl/N-ethyl adjacent to an activating group) is 1. The molecule has 0 radical (unpaired) electrons. The minimum atomic E-state index is -0.693. The zero-order valence-electron chi connectivity index (χ0n) is 19.0. The Hall–Kier alpha value is -3.41. The van der Waals surface area contributed by atoms with E-state index >= 15 is 0 Å². The van der Waals surface area contributed by atoms with Crippen molar-refractivity contribution in [3.05, 3.63) is 64.0 Å². The molecule has 11 heteroatoms. The summed E-state index contributed by atoms with van der Waals surface area (Å²) in [5.41, 5.74) is 7.21. The summed E-state index contributed by atoms with van der Waals surface area (Å²) in [6.07, 6.45) is 3.08. The maximum absolute atomic E-state index is 14.6. The molecule has 3 aromatic rings. The summed E-state index contributed by atoms with van der Waals surface area (Å²) in [4.78, 5) is 38.3. The van der Waals surface area contributed by atoms with Crippen molar-refractivity contribution in [3.63, 3.8) is 0 Å². The summed E-state index contributed by atoms with van der Waals surface area (Å²) < 4.78 is 14.6. The van der Waals surface area contributed by atoms with Crippen LogP contribution in [0.5, 0.6) is 0 Å². The Bertz CT molecular complexity index is 1190. The van der Waals surface area contributed by atoms with Gasteiger partial charge >= 0.3 is 0 Å². The number of aryl methyl sites for hydroxylation is 1. The van der Waals surface area contributed by atoms with Crippen LogP contribution in [-0.4, -0.2) is 64.8 Å². The van der Waals surface area contributed by atoms with Crippen LogP contribution in [0.3, 0.4) is 0 Å². The van der Waals surface area contributed by atoms with Crippen molar-refractivity contribution in [2.45, 2.75) is 13.5 Å². The molecule has 0 atom stereocenters. The predicted molar refractivity (Wildman–Crippen MR) is 131 cm³/mol. The standard InChI is InChI=1S/C23H26FN7O2S/c1-14-9-17(24)16(10-18(14)28-22(33)19-12-27-23(25)34-19)21(32)29-20-4-3-15(11-26-20)13-31-7-5-30(2)6-8-31/h3-4,9-12H,5-8,13H2,1-2H3,(H2,25,27)(H,28,33)(H,26,29,32). The van der Waals surface area contributed by atoms with E-state index in [2.05, 4.69) is 37.4 Å². The maximum Gasteiger partial charge on any atom is 0.267 e. The van der Waals surface area contributed by atoms with Crippen LogP contribution in [0.4, 0.5) is 21.0 Å². The fourth-order valence-electron chi connectivity index (χ4n) is 3.60. The number of carbonyl (C=O) groups is 2. The van der Waals surface area contributed by atoms with E-state index in [-0.39, 0.29) is 10.7 Å². The van der Waals surface area contributed by atoms with Gasteiger partial charge in [-0.2, -0.15) is 0 Å². The normalized spacial score (nSPS) is 14.7. The summed E-state index contributed by atoms with van der Waals surface area (Å²) in [5, 5.41) is 5.57. The number of nitrogen functional groups attached to an aromatic ring is 1. The van der Waals surface area contributed by atoms with Gasteiger partial charge in [-0.05, 0) is 43.3 Å². The van der Waals surface area contributed by atoms with Gasteiger partial charge in [-0.3, -0.25) is 14.5 Å². The van der Waals surface area contributed by atoms with Gasteiger partial charge in [0.25, 0.3) is 11.8 Å². The highest BCUT2D eigenvalue weighted by Gasteiger charge is 2.18. The predicted octanol–water partition coefficient (Wildman–Crippen LogP) is 2.82. The number of amides is 2. The second kappa shape index (κ2) is 10.2. The zero-order valence-corrected chi connectivity index (χ0v) is 19.8. The van der Waals surface area contributed by atoms with Crippen molar-refractivity contribution < 1.29 is 14.0 Å². The fourth-order valence-corrected chi connectivity index (χ4v) is 4.18. The monoisotopic (exact) mass is 483 g/mol. The van der Waals surface area contributed by atoms with Crippen LogP contribution >= 0.6 is 11.3 Å². The lowest BCUT2D eigenvalue weighted by atomic mass is 10.1. The van der Waals surface area contributed by atoms with Crippen molar-refractivity contribution in [1.29, 1.82) is 0 Å². The number of nitrogens with zero attached hydrogens (tertiary/aromatic N) is 4. The molecule has 1 fully saturated rings. The van der Waals surface area contributed by atoms with Gasteiger partial charge in [0, 0.05) is 44.6 Å². The topological polar surface area (TPSA) is 116 Å². The number of aromatic nitrogens is 2. The molecule has 0 saturated carbocycles. The Morgan fingerprint density at radius 3 is 2.50 bits per heavy atom. The summed E-state index contributed by atoms with van der Waals surface area (Å²) in [5.74, 6) is -1.47. The molecule has 178 valence electrons. The fraction of sp³-hybridized carbons (Fsp3) is 0.304. The molecular weight excluding hydrogens is 457 g/mol. The number of pyridine rings is 1. The van der Waals surface area contributed by atoms with E-state index < -0.39 is 17.6 Å². The molecule has 1 aliphatic rings. The number of nitrogens with one attached hydrogen (secondary N) is 2. The molecule has 0 unspecified atom stereocenters. The molecule has 2 amide bonds. The average molecular weight is 484 g/mol. The Kier molecular flexibility index (Phi) is 7.15. The van der Waals surface area contributed by atoms with E-state index in [0.29, 0.717) is 21.9 Å². The summed E-state index contributed by atoms with van der Waals surface area (Å²) in [7, 11) is 2.11. The molecule has 0 aliphatic carbocycles. The van der Waals surface area contributed by atoms with Crippen molar-refractivity contribution in [1.82, 2.24) is 19.8 Å². The van der Waals surface area contributed by atoms with E-state index in [1.165, 1.54) is 18.3 Å². The number of nitrogens with two attached hydrogens (primary N) is 1. The Labute approximate surface area is 200 Å². The van der Waals surface area contributed by atoms with Crippen LogP contribution < -0.4 is 16.4 Å². The van der Waals surface area contributed by atoms with Crippen LogP contribution in [0.25, 0.3) is 0 Å². The van der Waals surface area contributed by atoms with Crippen LogP contribution in [-0.2, 0) is 6.54 Å². The average Bonchev–Trinajstić information content (AvgIpc) is 3.25. The molecule has 4 N–H and O–H groups in total. The number of rotatable bonds is 6. The first kappa shape index (κ1) is 23.7. The van der Waals surface area contributed by atoms with E-state index in [1.54, 1.807) is 19.2 Å². The van der Waals surface area contributed by atoms with Gasteiger partial charge in [0.1, 0.15) is 16.5 Å². The minimum Gasteiger partial charge on any atom is -0.375 e. The smallest absolute Gasteiger partial charge is 0.267 e. The van der Waals surface area contributed by atoms with Gasteiger partial charge in [-0.15, -0.1) is 0 Å². The first-order valence-electron chi connectivity index (χ1n) is 10.8. The molecule has 0 spiro atoms. The molecule has 1 aliphatic heterocycles. The number of anilines is 3. The lowest BCUT2D eigenvalue weighted by Crippen LogP contribution is -2.43. The van der Waals surface area contributed by atoms with Crippen molar-refractivity contribution in [2.75, 3.05) is 49.6 Å². The summed E-state index contributed by atoms with van der Waals surface area (Å²) in [6, 6.07) is 6.12. The third-order valence-corrected chi connectivity index (χ3v) is 6.45. The lowest BCUT2D eigenvalue weighted by Gasteiger charge is -2.32. The molecule has 1 saturated heterocycles. The van der Waals surface area contributed by atoms with E-state index in [4.69, 9.17) is 5.73 Å². The van der Waals surface area contributed by atoms with E-state index in [0.717, 1.165) is 49.6 Å². The lowest BCUT2D eigenvalue weighted by molar-refractivity contribution is 0.101. The summed E-state index contributed by atoms with van der Waals surface area (Å²) in [6.45, 7) is 6.49. The van der Waals surface area contributed by atoms with Crippen LogP contribution in [0.1, 0.15) is 31.2 Å². The van der Waals surface area contributed by atoms with Crippen LogP contribution in [0.15, 0.2) is 36.7 Å². The molecule has 9 nitrogen and oxygen atoms in total. The highest BCUT2D eigenvalue weighted by atomic mass is 32.1. The number of carbonyl (C=O) groups excluding carboxylic acids is 2. The zero-order chi connectivity index (χ0) is 24.2.